The Hall–Kier alpha value is -3.59. The van der Waals surface area contributed by atoms with Crippen LogP contribution in [0.15, 0.2) is 66.4 Å². The molecule has 0 bridgehead atoms. The first-order valence-corrected chi connectivity index (χ1v) is 10.1. The number of hydrogen-bond acceptors (Lipinski definition) is 4. The van der Waals surface area contributed by atoms with Crippen LogP contribution in [0.3, 0.4) is 0 Å². The number of carbonyl (C=O) groups is 2. The largest absolute Gasteiger partial charge is 0.376 e. The van der Waals surface area contributed by atoms with Crippen LogP contribution in [0.1, 0.15) is 25.3 Å². The zero-order valence-electron chi connectivity index (χ0n) is 17.1. The number of nitriles is 1. The van der Waals surface area contributed by atoms with Gasteiger partial charge in [0.15, 0.2) is 0 Å². The van der Waals surface area contributed by atoms with E-state index in [1.807, 2.05) is 12.1 Å². The number of anilines is 2. The molecule has 2 aromatic carbocycles. The quantitative estimate of drug-likeness (QED) is 0.566. The van der Waals surface area contributed by atoms with E-state index in [1.54, 1.807) is 30.5 Å². The number of nitrogens with zero attached hydrogens (tertiary/aromatic N) is 2. The highest BCUT2D eigenvalue weighted by atomic mass is 16.2. The molecule has 0 aromatic heterocycles. The Kier molecular flexibility index (Phi) is 7.23. The summed E-state index contributed by atoms with van der Waals surface area (Å²) in [7, 11) is 0. The van der Waals surface area contributed by atoms with E-state index in [-0.39, 0.29) is 11.5 Å². The smallest absolute Gasteiger partial charge is 0.267 e. The lowest BCUT2D eigenvalue weighted by Gasteiger charge is -2.31. The lowest BCUT2D eigenvalue weighted by molar-refractivity contribution is -0.114. The van der Waals surface area contributed by atoms with Gasteiger partial charge in [-0.25, -0.2) is 0 Å². The normalized spacial score (nSPS) is 14.7. The molecular weight excluding hydrogens is 376 g/mol. The summed E-state index contributed by atoms with van der Waals surface area (Å²) in [4.78, 5) is 25.6. The van der Waals surface area contributed by atoms with Gasteiger partial charge in [-0.2, -0.15) is 5.26 Å². The second kappa shape index (κ2) is 10.3. The molecule has 3 rings (SSSR count). The van der Waals surface area contributed by atoms with E-state index >= 15 is 0 Å². The molecule has 2 N–H and O–H groups in total. The van der Waals surface area contributed by atoms with Gasteiger partial charge in [-0.3, -0.25) is 9.59 Å². The van der Waals surface area contributed by atoms with Gasteiger partial charge >= 0.3 is 0 Å². The van der Waals surface area contributed by atoms with Crippen LogP contribution in [-0.2, 0) is 16.0 Å². The molecule has 1 aliphatic heterocycles. The average Bonchev–Trinajstić information content (AvgIpc) is 2.75. The highest BCUT2D eigenvalue weighted by molar-refractivity contribution is 6.06. The summed E-state index contributed by atoms with van der Waals surface area (Å²) >= 11 is 0. The van der Waals surface area contributed by atoms with Crippen LogP contribution in [0.25, 0.3) is 0 Å². The van der Waals surface area contributed by atoms with Crippen molar-refractivity contribution in [2.45, 2.75) is 26.2 Å². The van der Waals surface area contributed by atoms with Crippen molar-refractivity contribution < 1.29 is 9.59 Å². The molecule has 2 amide bonds. The maximum absolute atomic E-state index is 12.5. The zero-order chi connectivity index (χ0) is 21.3. The van der Waals surface area contributed by atoms with E-state index in [0.29, 0.717) is 17.3 Å². The predicted molar refractivity (Wildman–Crippen MR) is 118 cm³/mol. The maximum atomic E-state index is 12.5. The molecule has 0 spiro atoms. The second-order valence-corrected chi connectivity index (χ2v) is 7.54. The first kappa shape index (κ1) is 21.1. The summed E-state index contributed by atoms with van der Waals surface area (Å²) in [5.74, 6) is 0.0312. The Morgan fingerprint density at radius 3 is 2.20 bits per heavy atom. The highest BCUT2D eigenvalue weighted by Gasteiger charge is 2.19. The minimum Gasteiger partial charge on any atom is -0.376 e. The molecule has 0 unspecified atom stereocenters. The van der Waals surface area contributed by atoms with Crippen LogP contribution in [0, 0.1) is 17.2 Å². The van der Waals surface area contributed by atoms with Gasteiger partial charge in [0, 0.05) is 37.6 Å². The number of nitrogens with one attached hydrogen (secondary N) is 2. The molecule has 6 nitrogen and oxygen atoms in total. The third-order valence-electron chi connectivity index (χ3n) is 5.16. The number of benzene rings is 2. The number of likely N-dealkylation sites (tertiary alicyclic amines) is 1. The van der Waals surface area contributed by atoms with Gasteiger partial charge in [0.1, 0.15) is 11.6 Å². The standard InChI is InChI=1S/C24H26N4O2/c1-18(29)26-22-7-9-23(10-8-22)27-24(30)21(16-25)17-28-13-11-20(12-14-28)15-19-5-3-2-4-6-19/h2-10,17,20H,11-15H2,1H3,(H,26,29)(H,27,30)/b21-17-. The summed E-state index contributed by atoms with van der Waals surface area (Å²) in [6, 6.07) is 19.3. The number of hydrogen-bond donors (Lipinski definition) is 2. The molecular formula is C24H26N4O2. The number of piperidine rings is 1. The van der Waals surface area contributed by atoms with Gasteiger partial charge in [-0.05, 0) is 55.0 Å². The van der Waals surface area contributed by atoms with Crippen molar-refractivity contribution in [2.24, 2.45) is 5.92 Å². The monoisotopic (exact) mass is 402 g/mol. The van der Waals surface area contributed by atoms with Crippen molar-refractivity contribution in [1.82, 2.24) is 4.90 Å². The van der Waals surface area contributed by atoms with E-state index < -0.39 is 5.91 Å². The fourth-order valence-electron chi connectivity index (χ4n) is 3.59. The van der Waals surface area contributed by atoms with Crippen LogP contribution in [0.4, 0.5) is 11.4 Å². The Morgan fingerprint density at radius 1 is 1.03 bits per heavy atom. The number of carbonyl (C=O) groups excluding carboxylic acids is 2. The van der Waals surface area contributed by atoms with Crippen LogP contribution in [0.2, 0.25) is 0 Å². The van der Waals surface area contributed by atoms with Crippen molar-refractivity contribution in [2.75, 3.05) is 23.7 Å². The van der Waals surface area contributed by atoms with Gasteiger partial charge in [-0.1, -0.05) is 30.3 Å². The molecule has 2 aromatic rings. The van der Waals surface area contributed by atoms with E-state index in [4.69, 9.17) is 0 Å². The van der Waals surface area contributed by atoms with Crippen LogP contribution >= 0.6 is 0 Å². The average molecular weight is 402 g/mol. The summed E-state index contributed by atoms with van der Waals surface area (Å²) in [6.45, 7) is 3.10. The Labute approximate surface area is 177 Å². The predicted octanol–water partition coefficient (Wildman–Crippen LogP) is 3.95. The van der Waals surface area contributed by atoms with Gasteiger partial charge in [0.25, 0.3) is 5.91 Å². The molecule has 154 valence electrons. The summed E-state index contributed by atoms with van der Waals surface area (Å²) in [6.07, 6.45) is 4.81. The third-order valence-corrected chi connectivity index (χ3v) is 5.16. The minimum absolute atomic E-state index is 0.0856. The Balaban J connectivity index is 1.53. The van der Waals surface area contributed by atoms with Crippen molar-refractivity contribution in [1.29, 1.82) is 5.26 Å². The topological polar surface area (TPSA) is 85.2 Å². The fourth-order valence-corrected chi connectivity index (χ4v) is 3.59. The summed E-state index contributed by atoms with van der Waals surface area (Å²) in [5, 5.41) is 14.8. The van der Waals surface area contributed by atoms with Crippen LogP contribution in [0.5, 0.6) is 0 Å². The third kappa shape index (κ3) is 6.21. The number of amides is 2. The number of rotatable bonds is 6. The van der Waals surface area contributed by atoms with Crippen LogP contribution in [-0.4, -0.2) is 29.8 Å². The van der Waals surface area contributed by atoms with Crippen molar-refractivity contribution in [3.63, 3.8) is 0 Å². The SMILES string of the molecule is CC(=O)Nc1ccc(NC(=O)/C(C#N)=C\N2CCC(Cc3ccccc3)CC2)cc1. The molecule has 0 atom stereocenters. The maximum Gasteiger partial charge on any atom is 0.267 e. The molecule has 0 aliphatic carbocycles. The van der Waals surface area contributed by atoms with Crippen molar-refractivity contribution in [3.8, 4) is 6.07 Å². The van der Waals surface area contributed by atoms with Gasteiger partial charge in [0.2, 0.25) is 5.91 Å². The molecule has 1 fully saturated rings. The first-order chi connectivity index (χ1) is 14.5. The van der Waals surface area contributed by atoms with E-state index in [9.17, 15) is 14.9 Å². The first-order valence-electron chi connectivity index (χ1n) is 10.1. The molecule has 1 aliphatic rings. The molecule has 0 saturated carbocycles. The molecule has 1 saturated heterocycles. The van der Waals surface area contributed by atoms with Crippen molar-refractivity contribution >= 4 is 23.2 Å². The molecule has 6 heteroatoms. The van der Waals surface area contributed by atoms with Crippen LogP contribution < -0.4 is 10.6 Å². The van der Waals surface area contributed by atoms with Crippen molar-refractivity contribution in [3.05, 3.63) is 71.9 Å². The fraction of sp³-hybridized carbons (Fsp3) is 0.292. The van der Waals surface area contributed by atoms with E-state index in [1.165, 1.54) is 12.5 Å². The Morgan fingerprint density at radius 2 is 1.63 bits per heavy atom. The second-order valence-electron chi connectivity index (χ2n) is 7.54. The molecule has 30 heavy (non-hydrogen) atoms. The van der Waals surface area contributed by atoms with Gasteiger partial charge in [0.05, 0.1) is 0 Å². The molecule has 0 radical (unpaired) electrons. The Bertz CT molecular complexity index is 937. The molecule has 1 heterocycles. The van der Waals surface area contributed by atoms with Gasteiger partial charge in [-0.15, -0.1) is 0 Å². The lowest BCUT2D eigenvalue weighted by Crippen LogP contribution is -2.31. The van der Waals surface area contributed by atoms with E-state index in [0.717, 1.165) is 32.4 Å². The summed E-state index contributed by atoms with van der Waals surface area (Å²) in [5.41, 5.74) is 2.65. The minimum atomic E-state index is -0.434. The lowest BCUT2D eigenvalue weighted by atomic mass is 9.90. The van der Waals surface area contributed by atoms with E-state index in [2.05, 4.69) is 39.8 Å². The van der Waals surface area contributed by atoms with Gasteiger partial charge < -0.3 is 15.5 Å². The zero-order valence-corrected chi connectivity index (χ0v) is 17.1. The highest BCUT2D eigenvalue weighted by Crippen LogP contribution is 2.22. The summed E-state index contributed by atoms with van der Waals surface area (Å²) < 4.78 is 0.